The molecule has 0 heterocycles. The predicted octanol–water partition coefficient (Wildman–Crippen LogP) is -0.661. The average molecular weight is 140 g/mol. The highest BCUT2D eigenvalue weighted by Crippen LogP contribution is 2.45. The van der Waals surface area contributed by atoms with Crippen molar-refractivity contribution < 1.29 is 14.3 Å². The first kappa shape index (κ1) is 8.27. The molecule has 0 bridgehead atoms. The standard InChI is InChI=1S/C3H11NO3P/c1-8(5,6)7-3-2-4/h5-6H,2-4H2,1H3/q+1. The van der Waals surface area contributed by atoms with Crippen molar-refractivity contribution in [1.82, 2.24) is 0 Å². The second kappa shape index (κ2) is 3.33. The van der Waals surface area contributed by atoms with Gasteiger partial charge in [0.2, 0.25) is 0 Å². The van der Waals surface area contributed by atoms with Crippen LogP contribution in [0, 0.1) is 0 Å². The lowest BCUT2D eigenvalue weighted by molar-refractivity contribution is 0.241. The third kappa shape index (κ3) is 6.27. The van der Waals surface area contributed by atoms with Crippen molar-refractivity contribution in [3.05, 3.63) is 0 Å². The fraction of sp³-hybridized carbons (Fsp3) is 1.00. The molecular weight excluding hydrogens is 129 g/mol. The first-order valence-corrected chi connectivity index (χ1v) is 4.29. The molecule has 0 aliphatic carbocycles. The minimum absolute atomic E-state index is 0.206. The Kier molecular flexibility index (Phi) is 3.44. The summed E-state index contributed by atoms with van der Waals surface area (Å²) >= 11 is 0. The van der Waals surface area contributed by atoms with Gasteiger partial charge in [-0.2, -0.15) is 14.3 Å². The highest BCUT2D eigenvalue weighted by molar-refractivity contribution is 7.58. The maximum Gasteiger partial charge on any atom is 0.403 e. The zero-order chi connectivity index (χ0) is 6.62. The number of hydrogen-bond donors (Lipinski definition) is 3. The smallest absolute Gasteiger partial charge is 0.328 e. The van der Waals surface area contributed by atoms with Crippen molar-refractivity contribution in [1.29, 1.82) is 0 Å². The molecule has 0 aromatic rings. The van der Waals surface area contributed by atoms with Gasteiger partial charge in [-0.3, -0.25) is 0 Å². The largest absolute Gasteiger partial charge is 0.403 e. The van der Waals surface area contributed by atoms with E-state index < -0.39 is 7.94 Å². The van der Waals surface area contributed by atoms with Gasteiger partial charge in [-0.25, -0.2) is 0 Å². The van der Waals surface area contributed by atoms with E-state index in [1.165, 1.54) is 6.66 Å². The zero-order valence-electron chi connectivity index (χ0n) is 4.74. The van der Waals surface area contributed by atoms with E-state index in [0.717, 1.165) is 0 Å². The lowest BCUT2D eigenvalue weighted by atomic mass is 10.8. The van der Waals surface area contributed by atoms with Crippen LogP contribution in [-0.4, -0.2) is 29.6 Å². The summed E-state index contributed by atoms with van der Waals surface area (Å²) in [5, 5.41) is 0. The van der Waals surface area contributed by atoms with E-state index in [4.69, 9.17) is 15.5 Å². The number of hydrogen-bond acceptors (Lipinski definition) is 4. The van der Waals surface area contributed by atoms with E-state index in [2.05, 4.69) is 4.52 Å². The van der Waals surface area contributed by atoms with Crippen molar-refractivity contribution >= 4 is 7.94 Å². The molecule has 0 spiro atoms. The zero-order valence-corrected chi connectivity index (χ0v) is 5.64. The first-order valence-electron chi connectivity index (χ1n) is 2.23. The van der Waals surface area contributed by atoms with E-state index in [1.807, 2.05) is 0 Å². The van der Waals surface area contributed by atoms with Gasteiger partial charge in [-0.15, -0.1) is 0 Å². The Morgan fingerprint density at radius 1 is 1.62 bits per heavy atom. The average Bonchev–Trinajstić information content (AvgIpc) is 1.59. The van der Waals surface area contributed by atoms with Crippen LogP contribution in [0.4, 0.5) is 0 Å². The van der Waals surface area contributed by atoms with Crippen molar-refractivity contribution in [2.24, 2.45) is 5.73 Å². The molecule has 0 aliphatic heterocycles. The molecule has 0 aliphatic rings. The second-order valence-electron chi connectivity index (χ2n) is 1.46. The van der Waals surface area contributed by atoms with Crippen molar-refractivity contribution in [3.63, 3.8) is 0 Å². The van der Waals surface area contributed by atoms with E-state index in [0.29, 0.717) is 6.54 Å². The van der Waals surface area contributed by atoms with Crippen LogP contribution >= 0.6 is 7.94 Å². The van der Waals surface area contributed by atoms with Gasteiger partial charge in [-0.1, -0.05) is 0 Å². The van der Waals surface area contributed by atoms with Gasteiger partial charge in [0.05, 0.1) is 0 Å². The fourth-order valence-electron chi connectivity index (χ4n) is 0.226. The molecule has 50 valence electrons. The molecule has 8 heavy (non-hydrogen) atoms. The van der Waals surface area contributed by atoms with Crippen LogP contribution in [-0.2, 0) is 4.52 Å². The van der Waals surface area contributed by atoms with E-state index in [9.17, 15) is 0 Å². The molecule has 0 aromatic carbocycles. The van der Waals surface area contributed by atoms with Crippen LogP contribution in [0.1, 0.15) is 0 Å². The SMILES string of the molecule is C[P+](O)(O)OCCN. The van der Waals surface area contributed by atoms with Crippen LogP contribution in [0.15, 0.2) is 0 Å². The maximum absolute atomic E-state index is 8.54. The van der Waals surface area contributed by atoms with Crippen LogP contribution in [0.25, 0.3) is 0 Å². The fourth-order valence-corrected chi connectivity index (χ4v) is 0.677. The Labute approximate surface area is 48.9 Å². The van der Waals surface area contributed by atoms with Crippen LogP contribution in [0.5, 0.6) is 0 Å². The van der Waals surface area contributed by atoms with Crippen molar-refractivity contribution in [2.75, 3.05) is 19.8 Å². The van der Waals surface area contributed by atoms with Gasteiger partial charge in [0.1, 0.15) is 13.3 Å². The summed E-state index contributed by atoms with van der Waals surface area (Å²) in [4.78, 5) is 17.1. The molecule has 0 amide bonds. The Balaban J connectivity index is 3.11. The van der Waals surface area contributed by atoms with E-state index >= 15 is 0 Å². The lowest BCUT2D eigenvalue weighted by Crippen LogP contribution is -2.08. The molecule has 5 heteroatoms. The Morgan fingerprint density at radius 2 is 2.12 bits per heavy atom. The molecule has 0 radical (unpaired) electrons. The molecule has 4 nitrogen and oxygen atoms in total. The minimum Gasteiger partial charge on any atom is -0.328 e. The van der Waals surface area contributed by atoms with Gasteiger partial charge in [0.15, 0.2) is 0 Å². The van der Waals surface area contributed by atoms with Gasteiger partial charge in [0.25, 0.3) is 0 Å². The Morgan fingerprint density at radius 3 is 2.25 bits per heavy atom. The summed E-state index contributed by atoms with van der Waals surface area (Å²) < 4.78 is 4.48. The highest BCUT2D eigenvalue weighted by atomic mass is 31.2. The van der Waals surface area contributed by atoms with E-state index in [1.54, 1.807) is 0 Å². The predicted molar refractivity (Wildman–Crippen MR) is 32.3 cm³/mol. The third-order valence-corrected chi connectivity index (χ3v) is 1.13. The van der Waals surface area contributed by atoms with Crippen LogP contribution in [0.2, 0.25) is 0 Å². The lowest BCUT2D eigenvalue weighted by Gasteiger charge is -2.02. The number of nitrogens with two attached hydrogens (primary N) is 1. The minimum atomic E-state index is -3.01. The first-order chi connectivity index (χ1) is 3.56. The van der Waals surface area contributed by atoms with Gasteiger partial charge >= 0.3 is 7.94 Å². The summed E-state index contributed by atoms with van der Waals surface area (Å²) in [5.74, 6) is 0. The van der Waals surface area contributed by atoms with Crippen LogP contribution in [0.3, 0.4) is 0 Å². The highest BCUT2D eigenvalue weighted by Gasteiger charge is 2.25. The molecule has 0 unspecified atom stereocenters. The molecular formula is C3H11NO3P+. The number of rotatable bonds is 3. The molecule has 0 rings (SSSR count). The summed E-state index contributed by atoms with van der Waals surface area (Å²) in [7, 11) is -3.01. The molecule has 0 saturated heterocycles. The molecule has 0 atom stereocenters. The Hall–Kier alpha value is 0.270. The van der Waals surface area contributed by atoms with Gasteiger partial charge < -0.3 is 5.73 Å². The maximum atomic E-state index is 8.54. The third-order valence-electron chi connectivity index (χ3n) is 0.454. The topological polar surface area (TPSA) is 75.7 Å². The molecule has 0 fully saturated rings. The summed E-state index contributed by atoms with van der Waals surface area (Å²) in [6.07, 6.45) is 0. The monoisotopic (exact) mass is 140 g/mol. The molecule has 0 saturated carbocycles. The normalized spacial score (nSPS) is 12.0. The summed E-state index contributed by atoms with van der Waals surface area (Å²) in [6, 6.07) is 0. The summed E-state index contributed by atoms with van der Waals surface area (Å²) in [6.45, 7) is 1.76. The summed E-state index contributed by atoms with van der Waals surface area (Å²) in [5.41, 5.74) is 5.01. The Bertz CT molecular complexity index is 62.0. The van der Waals surface area contributed by atoms with E-state index in [-0.39, 0.29) is 6.61 Å². The van der Waals surface area contributed by atoms with Gasteiger partial charge in [-0.05, 0) is 0 Å². The van der Waals surface area contributed by atoms with Crippen molar-refractivity contribution in [3.8, 4) is 0 Å². The quantitative estimate of drug-likeness (QED) is 0.455. The molecule has 4 N–H and O–H groups in total. The second-order valence-corrected chi connectivity index (χ2v) is 3.39. The molecule has 0 aromatic heterocycles. The van der Waals surface area contributed by atoms with Crippen LogP contribution < -0.4 is 5.73 Å². The van der Waals surface area contributed by atoms with Crippen molar-refractivity contribution in [2.45, 2.75) is 0 Å². The van der Waals surface area contributed by atoms with Gasteiger partial charge in [0, 0.05) is 6.54 Å².